The van der Waals surface area contributed by atoms with E-state index in [0.717, 1.165) is 12.1 Å². The molecule has 0 N–H and O–H groups in total. The molecule has 0 atom stereocenters. The number of hydrogen-bond acceptors (Lipinski definition) is 2. The predicted octanol–water partition coefficient (Wildman–Crippen LogP) is 0.272. The third-order valence-corrected chi connectivity index (χ3v) is 6.94. The lowest BCUT2D eigenvalue weighted by Gasteiger charge is -2.15. The average Bonchev–Trinajstić information content (AvgIpc) is 1.78. The molecule has 4 heteroatoms. The normalized spacial score (nSPS) is 28.1. The number of hydrogen-bond donors (Lipinski definition) is 0. The SMILES string of the molecule is C[SiH]1CCS(=O)(=O)CC1. The highest BCUT2D eigenvalue weighted by atomic mass is 32.2. The van der Waals surface area contributed by atoms with E-state index in [1.807, 2.05) is 0 Å². The Morgan fingerprint density at radius 2 is 1.67 bits per heavy atom. The molecule has 54 valence electrons. The van der Waals surface area contributed by atoms with Crippen LogP contribution in [0.4, 0.5) is 0 Å². The summed E-state index contributed by atoms with van der Waals surface area (Å²) in [7, 11) is -3.14. The van der Waals surface area contributed by atoms with Crippen LogP contribution in [-0.4, -0.2) is 28.7 Å². The Balaban J connectivity index is 2.55. The van der Waals surface area contributed by atoms with Crippen LogP contribution in [0.1, 0.15) is 0 Å². The first-order chi connectivity index (χ1) is 4.10. The van der Waals surface area contributed by atoms with Crippen molar-refractivity contribution in [2.45, 2.75) is 18.6 Å². The summed E-state index contributed by atoms with van der Waals surface area (Å²) < 4.78 is 21.6. The fraction of sp³-hybridized carbons (Fsp3) is 1.00. The first-order valence-corrected chi connectivity index (χ1v) is 7.91. The summed E-state index contributed by atoms with van der Waals surface area (Å²) in [4.78, 5) is 0. The van der Waals surface area contributed by atoms with Crippen LogP contribution in [0.5, 0.6) is 0 Å². The third kappa shape index (κ3) is 2.10. The molecule has 1 rings (SSSR count). The van der Waals surface area contributed by atoms with Gasteiger partial charge < -0.3 is 0 Å². The van der Waals surface area contributed by atoms with Crippen LogP contribution < -0.4 is 0 Å². The molecule has 1 aliphatic heterocycles. The van der Waals surface area contributed by atoms with Crippen LogP contribution in [0, 0.1) is 0 Å². The summed E-state index contributed by atoms with van der Waals surface area (Å²) in [5.41, 5.74) is 0. The summed E-state index contributed by atoms with van der Waals surface area (Å²) in [6.07, 6.45) is 0. The standard InChI is InChI=1S/C5H12O2SSi/c1-9-4-2-8(6,7)3-5-9/h9H,2-5H2,1H3. The van der Waals surface area contributed by atoms with Crippen molar-refractivity contribution in [2.75, 3.05) is 11.5 Å². The van der Waals surface area contributed by atoms with Crippen LogP contribution in [0.15, 0.2) is 0 Å². The largest absolute Gasteiger partial charge is 0.229 e. The molecule has 1 aliphatic rings. The van der Waals surface area contributed by atoms with Gasteiger partial charge in [-0.05, 0) is 12.1 Å². The van der Waals surface area contributed by atoms with Gasteiger partial charge in [0.15, 0.2) is 0 Å². The number of rotatable bonds is 0. The molecule has 0 aromatic carbocycles. The zero-order chi connectivity index (χ0) is 6.91. The van der Waals surface area contributed by atoms with Crippen LogP contribution in [-0.2, 0) is 9.84 Å². The zero-order valence-corrected chi connectivity index (χ0v) is 7.60. The van der Waals surface area contributed by atoms with Crippen molar-refractivity contribution in [1.29, 1.82) is 0 Å². The highest BCUT2D eigenvalue weighted by Gasteiger charge is 2.20. The molecule has 0 spiro atoms. The minimum Gasteiger partial charge on any atom is -0.229 e. The molecular formula is C5H12O2SSi. The average molecular weight is 164 g/mol. The van der Waals surface area contributed by atoms with Crippen LogP contribution in [0.25, 0.3) is 0 Å². The molecule has 0 amide bonds. The maximum absolute atomic E-state index is 10.8. The summed E-state index contributed by atoms with van der Waals surface area (Å²) in [5.74, 6) is 0.945. The fourth-order valence-electron chi connectivity index (χ4n) is 1.01. The van der Waals surface area contributed by atoms with E-state index in [9.17, 15) is 8.42 Å². The molecule has 1 fully saturated rings. The molecule has 0 aliphatic carbocycles. The van der Waals surface area contributed by atoms with Crippen molar-refractivity contribution in [3.8, 4) is 0 Å². The lowest BCUT2D eigenvalue weighted by atomic mass is 10.9. The fourth-order valence-corrected chi connectivity index (χ4v) is 7.59. The Labute approximate surface area is 57.8 Å². The second kappa shape index (κ2) is 2.42. The predicted molar refractivity (Wildman–Crippen MR) is 41.3 cm³/mol. The molecule has 1 heterocycles. The Morgan fingerprint density at radius 3 is 2.00 bits per heavy atom. The van der Waals surface area contributed by atoms with Crippen LogP contribution >= 0.6 is 0 Å². The topological polar surface area (TPSA) is 34.1 Å². The highest BCUT2D eigenvalue weighted by Crippen LogP contribution is 2.12. The minimum atomic E-state index is -2.58. The van der Waals surface area contributed by atoms with Gasteiger partial charge in [-0.15, -0.1) is 0 Å². The summed E-state index contributed by atoms with van der Waals surface area (Å²) in [6.45, 7) is 2.24. The maximum atomic E-state index is 10.8. The zero-order valence-electron chi connectivity index (χ0n) is 5.63. The molecule has 0 unspecified atom stereocenters. The Morgan fingerprint density at radius 1 is 1.22 bits per heavy atom. The van der Waals surface area contributed by atoms with E-state index in [-0.39, 0.29) is 0 Å². The smallest absolute Gasteiger partial charge is 0.149 e. The van der Waals surface area contributed by atoms with Crippen molar-refractivity contribution < 1.29 is 8.42 Å². The van der Waals surface area contributed by atoms with Gasteiger partial charge in [-0.2, -0.15) is 0 Å². The van der Waals surface area contributed by atoms with Gasteiger partial charge in [0.25, 0.3) is 0 Å². The van der Waals surface area contributed by atoms with Gasteiger partial charge in [-0.3, -0.25) is 0 Å². The molecule has 1 saturated heterocycles. The van der Waals surface area contributed by atoms with Gasteiger partial charge in [0.2, 0.25) is 0 Å². The van der Waals surface area contributed by atoms with Gasteiger partial charge in [0, 0.05) is 20.3 Å². The lowest BCUT2D eigenvalue weighted by Crippen LogP contribution is -2.26. The van der Waals surface area contributed by atoms with Crippen molar-refractivity contribution in [1.82, 2.24) is 0 Å². The molecular weight excluding hydrogens is 152 g/mol. The summed E-state index contributed by atoms with van der Waals surface area (Å²) >= 11 is 0. The van der Waals surface area contributed by atoms with Gasteiger partial charge in [0.05, 0.1) is 0 Å². The quantitative estimate of drug-likeness (QED) is 0.482. The van der Waals surface area contributed by atoms with Crippen molar-refractivity contribution in [2.24, 2.45) is 0 Å². The van der Waals surface area contributed by atoms with E-state index >= 15 is 0 Å². The Hall–Kier alpha value is 0.167. The summed E-state index contributed by atoms with van der Waals surface area (Å²) in [6, 6.07) is 2.00. The van der Waals surface area contributed by atoms with E-state index in [4.69, 9.17) is 0 Å². The maximum Gasteiger partial charge on any atom is 0.149 e. The minimum absolute atomic E-state index is 0.473. The molecule has 0 bridgehead atoms. The van der Waals surface area contributed by atoms with E-state index in [1.54, 1.807) is 0 Å². The first kappa shape index (κ1) is 7.28. The van der Waals surface area contributed by atoms with Crippen molar-refractivity contribution >= 4 is 18.6 Å². The van der Waals surface area contributed by atoms with Gasteiger partial charge >= 0.3 is 0 Å². The lowest BCUT2D eigenvalue weighted by molar-refractivity contribution is 0.596. The third-order valence-electron chi connectivity index (χ3n) is 1.84. The molecule has 0 aromatic heterocycles. The first-order valence-electron chi connectivity index (χ1n) is 3.30. The van der Waals surface area contributed by atoms with Crippen LogP contribution in [0.3, 0.4) is 0 Å². The van der Waals surface area contributed by atoms with Crippen molar-refractivity contribution in [3.63, 3.8) is 0 Å². The summed E-state index contributed by atoms with van der Waals surface area (Å²) in [5, 5.41) is 0. The molecule has 2 nitrogen and oxygen atoms in total. The van der Waals surface area contributed by atoms with Gasteiger partial charge in [0.1, 0.15) is 9.84 Å². The van der Waals surface area contributed by atoms with E-state index in [0.29, 0.717) is 11.5 Å². The highest BCUT2D eigenvalue weighted by molar-refractivity contribution is 7.91. The molecule has 0 radical (unpaired) electrons. The van der Waals surface area contributed by atoms with Crippen LogP contribution in [0.2, 0.25) is 18.6 Å². The van der Waals surface area contributed by atoms with Gasteiger partial charge in [-0.1, -0.05) is 6.55 Å². The van der Waals surface area contributed by atoms with E-state index < -0.39 is 18.6 Å². The van der Waals surface area contributed by atoms with Crippen molar-refractivity contribution in [3.05, 3.63) is 0 Å². The second-order valence-electron chi connectivity index (χ2n) is 2.83. The Bertz CT molecular complexity index is 171. The monoisotopic (exact) mass is 164 g/mol. The van der Waals surface area contributed by atoms with Gasteiger partial charge in [-0.25, -0.2) is 8.42 Å². The molecule has 9 heavy (non-hydrogen) atoms. The Kier molecular flexibility index (Phi) is 1.96. The van der Waals surface area contributed by atoms with E-state index in [2.05, 4.69) is 6.55 Å². The van der Waals surface area contributed by atoms with E-state index in [1.165, 1.54) is 0 Å². The molecule has 0 aromatic rings. The molecule has 0 saturated carbocycles. The second-order valence-corrected chi connectivity index (χ2v) is 8.50. The number of sulfone groups is 1.